The molecule has 0 aliphatic heterocycles. The minimum absolute atomic E-state index is 0.0159. The van der Waals surface area contributed by atoms with Gasteiger partial charge in [0.15, 0.2) is 0 Å². The summed E-state index contributed by atoms with van der Waals surface area (Å²) in [6.07, 6.45) is 0.494. The molecule has 0 bridgehead atoms. The summed E-state index contributed by atoms with van der Waals surface area (Å²) in [6, 6.07) is 2.77. The first kappa shape index (κ1) is 14.1. The Kier molecular flexibility index (Phi) is 4.79. The van der Waals surface area contributed by atoms with Gasteiger partial charge in [-0.05, 0) is 25.5 Å². The van der Waals surface area contributed by atoms with Gasteiger partial charge in [-0.25, -0.2) is 9.78 Å². The van der Waals surface area contributed by atoms with Gasteiger partial charge in [-0.15, -0.1) is 0 Å². The van der Waals surface area contributed by atoms with Crippen molar-refractivity contribution in [1.82, 2.24) is 9.88 Å². The van der Waals surface area contributed by atoms with Gasteiger partial charge in [-0.1, -0.05) is 0 Å². The number of hydrogen-bond acceptors (Lipinski definition) is 4. The molecule has 0 aliphatic carbocycles. The Bertz CT molecular complexity index is 459. The van der Waals surface area contributed by atoms with Crippen molar-refractivity contribution in [3.8, 4) is 0 Å². The SMILES string of the molecule is Cc1nc(C(=O)N(C)CCCO)ccc1C(=O)O. The zero-order valence-corrected chi connectivity index (χ0v) is 10.4. The molecule has 1 aromatic heterocycles. The summed E-state index contributed by atoms with van der Waals surface area (Å²) in [4.78, 5) is 28.2. The second-order valence-corrected chi connectivity index (χ2v) is 3.94. The zero-order valence-electron chi connectivity index (χ0n) is 10.4. The molecule has 1 heterocycles. The third-order valence-corrected chi connectivity index (χ3v) is 2.53. The van der Waals surface area contributed by atoms with Crippen molar-refractivity contribution < 1.29 is 19.8 Å². The first-order chi connectivity index (χ1) is 8.47. The molecule has 0 unspecified atom stereocenters. The van der Waals surface area contributed by atoms with Gasteiger partial charge in [0.1, 0.15) is 5.69 Å². The van der Waals surface area contributed by atoms with Gasteiger partial charge in [-0.3, -0.25) is 4.79 Å². The number of aryl methyl sites for hydroxylation is 1. The summed E-state index contributed by atoms with van der Waals surface area (Å²) in [5.74, 6) is -1.35. The monoisotopic (exact) mass is 252 g/mol. The molecule has 0 aromatic carbocycles. The average Bonchev–Trinajstić information content (AvgIpc) is 2.34. The predicted molar refractivity (Wildman–Crippen MR) is 64.6 cm³/mol. The molecule has 0 saturated carbocycles. The van der Waals surface area contributed by atoms with Gasteiger partial charge in [0, 0.05) is 20.2 Å². The lowest BCUT2D eigenvalue weighted by Crippen LogP contribution is -2.29. The highest BCUT2D eigenvalue weighted by atomic mass is 16.4. The van der Waals surface area contributed by atoms with E-state index in [9.17, 15) is 9.59 Å². The zero-order chi connectivity index (χ0) is 13.7. The lowest BCUT2D eigenvalue weighted by molar-refractivity contribution is 0.0692. The Morgan fingerprint density at radius 3 is 2.56 bits per heavy atom. The summed E-state index contributed by atoms with van der Waals surface area (Å²) < 4.78 is 0. The Labute approximate surface area is 105 Å². The summed E-state index contributed by atoms with van der Waals surface area (Å²) in [5, 5.41) is 17.5. The van der Waals surface area contributed by atoms with E-state index in [2.05, 4.69) is 4.98 Å². The molecule has 0 fully saturated rings. The number of aliphatic hydroxyl groups excluding tert-OH is 1. The number of hydrogen-bond donors (Lipinski definition) is 2. The molecule has 1 amide bonds. The van der Waals surface area contributed by atoms with Crippen LogP contribution >= 0.6 is 0 Å². The van der Waals surface area contributed by atoms with E-state index in [1.807, 2.05) is 0 Å². The second kappa shape index (κ2) is 6.11. The summed E-state index contributed by atoms with van der Waals surface area (Å²) >= 11 is 0. The van der Waals surface area contributed by atoms with E-state index in [-0.39, 0.29) is 23.8 Å². The van der Waals surface area contributed by atoms with Crippen molar-refractivity contribution in [2.75, 3.05) is 20.2 Å². The van der Waals surface area contributed by atoms with Crippen LogP contribution in [0.25, 0.3) is 0 Å². The number of carboxylic acids is 1. The van der Waals surface area contributed by atoms with Crippen LogP contribution in [0.2, 0.25) is 0 Å². The number of nitrogens with zero attached hydrogens (tertiary/aromatic N) is 2. The summed E-state index contributed by atoms with van der Waals surface area (Å²) in [5.41, 5.74) is 0.603. The number of carbonyl (C=O) groups is 2. The van der Waals surface area contributed by atoms with E-state index in [1.54, 1.807) is 14.0 Å². The van der Waals surface area contributed by atoms with Gasteiger partial charge in [-0.2, -0.15) is 0 Å². The second-order valence-electron chi connectivity index (χ2n) is 3.94. The molecule has 0 radical (unpaired) electrons. The normalized spacial score (nSPS) is 10.2. The molecule has 0 atom stereocenters. The third-order valence-electron chi connectivity index (χ3n) is 2.53. The summed E-state index contributed by atoms with van der Waals surface area (Å²) in [7, 11) is 1.61. The van der Waals surface area contributed by atoms with E-state index >= 15 is 0 Å². The molecule has 98 valence electrons. The highest BCUT2D eigenvalue weighted by Crippen LogP contribution is 2.08. The number of rotatable bonds is 5. The van der Waals surface area contributed by atoms with Crippen molar-refractivity contribution in [2.24, 2.45) is 0 Å². The maximum absolute atomic E-state index is 11.9. The van der Waals surface area contributed by atoms with E-state index in [1.165, 1.54) is 17.0 Å². The molecular formula is C12H16N2O4. The van der Waals surface area contributed by atoms with Crippen LogP contribution in [-0.4, -0.2) is 52.2 Å². The fourth-order valence-electron chi connectivity index (χ4n) is 1.51. The largest absolute Gasteiger partial charge is 0.478 e. The Hall–Kier alpha value is -1.95. The van der Waals surface area contributed by atoms with Crippen molar-refractivity contribution in [3.05, 3.63) is 29.1 Å². The molecule has 1 rings (SSSR count). The maximum atomic E-state index is 11.9. The molecular weight excluding hydrogens is 236 g/mol. The van der Waals surface area contributed by atoms with Crippen molar-refractivity contribution in [3.63, 3.8) is 0 Å². The van der Waals surface area contributed by atoms with Crippen LogP contribution in [0.15, 0.2) is 12.1 Å². The predicted octanol–water partition coefficient (Wildman–Crippen LogP) is 0.543. The number of aromatic carboxylic acids is 1. The highest BCUT2D eigenvalue weighted by molar-refractivity contribution is 5.94. The third kappa shape index (κ3) is 3.27. The van der Waals surface area contributed by atoms with Crippen LogP contribution in [0, 0.1) is 6.92 Å². The molecule has 2 N–H and O–H groups in total. The van der Waals surface area contributed by atoms with Crippen LogP contribution < -0.4 is 0 Å². The number of aromatic nitrogens is 1. The molecule has 18 heavy (non-hydrogen) atoms. The number of amides is 1. The molecule has 1 aromatic rings. The van der Waals surface area contributed by atoms with Crippen LogP contribution in [0.5, 0.6) is 0 Å². The quantitative estimate of drug-likeness (QED) is 0.798. The van der Waals surface area contributed by atoms with Crippen LogP contribution in [-0.2, 0) is 0 Å². The summed E-state index contributed by atoms with van der Waals surface area (Å²) in [6.45, 7) is 1.99. The van der Waals surface area contributed by atoms with E-state index < -0.39 is 5.97 Å². The Morgan fingerprint density at radius 2 is 2.06 bits per heavy atom. The first-order valence-electron chi connectivity index (χ1n) is 5.54. The van der Waals surface area contributed by atoms with Crippen LogP contribution in [0.1, 0.15) is 33.0 Å². The van der Waals surface area contributed by atoms with Crippen molar-refractivity contribution >= 4 is 11.9 Å². The fourth-order valence-corrected chi connectivity index (χ4v) is 1.51. The van der Waals surface area contributed by atoms with Gasteiger partial charge in [0.25, 0.3) is 5.91 Å². The van der Waals surface area contributed by atoms with Crippen LogP contribution in [0.4, 0.5) is 0 Å². The number of carbonyl (C=O) groups excluding carboxylic acids is 1. The smallest absolute Gasteiger partial charge is 0.337 e. The lowest BCUT2D eigenvalue weighted by atomic mass is 10.2. The maximum Gasteiger partial charge on any atom is 0.337 e. The van der Waals surface area contributed by atoms with Gasteiger partial charge in [0.2, 0.25) is 0 Å². The van der Waals surface area contributed by atoms with E-state index in [0.29, 0.717) is 18.7 Å². The standard InChI is InChI=1S/C12H16N2O4/c1-8-9(12(17)18)4-5-10(13-8)11(16)14(2)6-3-7-15/h4-5,15H,3,6-7H2,1-2H3,(H,17,18). The minimum atomic E-state index is -1.06. The Balaban J connectivity index is 2.87. The van der Waals surface area contributed by atoms with E-state index in [4.69, 9.17) is 10.2 Å². The molecule has 6 heteroatoms. The van der Waals surface area contributed by atoms with Crippen molar-refractivity contribution in [2.45, 2.75) is 13.3 Å². The van der Waals surface area contributed by atoms with E-state index in [0.717, 1.165) is 0 Å². The van der Waals surface area contributed by atoms with Gasteiger partial charge >= 0.3 is 5.97 Å². The first-order valence-corrected chi connectivity index (χ1v) is 5.54. The number of aliphatic hydroxyl groups is 1. The molecule has 6 nitrogen and oxygen atoms in total. The van der Waals surface area contributed by atoms with Gasteiger partial charge < -0.3 is 15.1 Å². The minimum Gasteiger partial charge on any atom is -0.478 e. The van der Waals surface area contributed by atoms with Gasteiger partial charge in [0.05, 0.1) is 11.3 Å². The highest BCUT2D eigenvalue weighted by Gasteiger charge is 2.15. The van der Waals surface area contributed by atoms with Crippen LogP contribution in [0.3, 0.4) is 0 Å². The lowest BCUT2D eigenvalue weighted by Gasteiger charge is -2.16. The topological polar surface area (TPSA) is 90.7 Å². The fraction of sp³-hybridized carbons (Fsp3) is 0.417. The number of pyridine rings is 1. The molecule has 0 spiro atoms. The Morgan fingerprint density at radius 1 is 1.39 bits per heavy atom. The average molecular weight is 252 g/mol. The molecule has 0 aliphatic rings. The number of carboxylic acid groups (broad SMARTS) is 1. The molecule has 0 saturated heterocycles. The van der Waals surface area contributed by atoms with Crippen molar-refractivity contribution in [1.29, 1.82) is 0 Å².